The maximum atomic E-state index is 12.7. The van der Waals surface area contributed by atoms with Crippen LogP contribution in [0.4, 0.5) is 4.39 Å². The molecule has 1 N–H and O–H groups in total. The summed E-state index contributed by atoms with van der Waals surface area (Å²) in [5, 5.41) is 7.03. The number of thiol groups is 1. The van der Waals surface area contributed by atoms with Crippen LogP contribution in [0.25, 0.3) is 0 Å². The number of thioether (sulfide) groups is 1. The van der Waals surface area contributed by atoms with Gasteiger partial charge in [-0.3, -0.25) is 5.10 Å². The van der Waals surface area contributed by atoms with Crippen molar-refractivity contribution >= 4 is 24.4 Å². The molecule has 5 heteroatoms. The lowest BCUT2D eigenvalue weighted by molar-refractivity contribution is 0.626. The van der Waals surface area contributed by atoms with E-state index in [0.717, 1.165) is 22.0 Å². The minimum absolute atomic E-state index is 0.205. The normalized spacial score (nSPS) is 10.6. The molecule has 0 unspecified atom stereocenters. The largest absolute Gasteiger partial charge is 0.281 e. The SMILES string of the molecule is Fc1ccc(SCc2cc(CS)n[nH]2)cc1. The van der Waals surface area contributed by atoms with Crippen molar-refractivity contribution in [2.75, 3.05) is 0 Å². The summed E-state index contributed by atoms with van der Waals surface area (Å²) >= 11 is 5.78. The van der Waals surface area contributed by atoms with Crippen molar-refractivity contribution in [2.24, 2.45) is 0 Å². The Balaban J connectivity index is 1.94. The van der Waals surface area contributed by atoms with Crippen LogP contribution < -0.4 is 0 Å². The second kappa shape index (κ2) is 5.41. The molecule has 0 spiro atoms. The average molecular weight is 254 g/mol. The molecule has 0 fully saturated rings. The van der Waals surface area contributed by atoms with Gasteiger partial charge in [-0.2, -0.15) is 17.7 Å². The predicted octanol–water partition coefficient (Wildman–Crippen LogP) is 3.27. The van der Waals surface area contributed by atoms with Crippen molar-refractivity contribution in [3.63, 3.8) is 0 Å². The van der Waals surface area contributed by atoms with Crippen LogP contribution in [0.3, 0.4) is 0 Å². The first-order valence-electron chi connectivity index (χ1n) is 4.80. The summed E-state index contributed by atoms with van der Waals surface area (Å²) in [6, 6.07) is 8.47. The van der Waals surface area contributed by atoms with Crippen LogP contribution in [0, 0.1) is 5.82 Å². The third-order valence-corrected chi connectivity index (χ3v) is 3.44. The minimum Gasteiger partial charge on any atom is -0.281 e. The fourth-order valence-electron chi connectivity index (χ4n) is 1.26. The number of nitrogens with one attached hydrogen (secondary N) is 1. The first-order chi connectivity index (χ1) is 7.78. The number of hydrogen-bond acceptors (Lipinski definition) is 3. The number of nitrogens with zero attached hydrogens (tertiary/aromatic N) is 1. The highest BCUT2D eigenvalue weighted by molar-refractivity contribution is 7.98. The van der Waals surface area contributed by atoms with Crippen LogP contribution in [-0.2, 0) is 11.5 Å². The molecule has 0 aliphatic rings. The van der Waals surface area contributed by atoms with Gasteiger partial charge in [0, 0.05) is 22.1 Å². The number of rotatable bonds is 4. The van der Waals surface area contributed by atoms with Crippen molar-refractivity contribution in [1.29, 1.82) is 0 Å². The Bertz CT molecular complexity index is 453. The van der Waals surface area contributed by atoms with Gasteiger partial charge in [-0.05, 0) is 30.3 Å². The first kappa shape index (κ1) is 11.5. The Morgan fingerprint density at radius 1 is 1.31 bits per heavy atom. The van der Waals surface area contributed by atoms with Crippen molar-refractivity contribution in [3.8, 4) is 0 Å². The van der Waals surface area contributed by atoms with E-state index in [1.54, 1.807) is 23.9 Å². The summed E-state index contributed by atoms with van der Waals surface area (Å²) in [5.41, 5.74) is 2.00. The third kappa shape index (κ3) is 3.02. The molecule has 2 aromatic rings. The molecule has 16 heavy (non-hydrogen) atoms. The summed E-state index contributed by atoms with van der Waals surface area (Å²) in [5.74, 6) is 1.23. The van der Waals surface area contributed by atoms with E-state index < -0.39 is 0 Å². The molecule has 2 rings (SSSR count). The van der Waals surface area contributed by atoms with E-state index in [9.17, 15) is 4.39 Å². The highest BCUT2D eigenvalue weighted by Crippen LogP contribution is 2.22. The summed E-state index contributed by atoms with van der Waals surface area (Å²) in [6.07, 6.45) is 0. The highest BCUT2D eigenvalue weighted by Gasteiger charge is 2.01. The second-order valence-corrected chi connectivity index (χ2v) is 4.65. The van der Waals surface area contributed by atoms with Crippen molar-refractivity contribution in [1.82, 2.24) is 10.2 Å². The van der Waals surface area contributed by atoms with Crippen LogP contribution in [0.15, 0.2) is 35.2 Å². The van der Waals surface area contributed by atoms with E-state index in [2.05, 4.69) is 22.8 Å². The van der Waals surface area contributed by atoms with E-state index in [4.69, 9.17) is 0 Å². The zero-order valence-electron chi connectivity index (χ0n) is 8.48. The molecule has 2 nitrogen and oxygen atoms in total. The first-order valence-corrected chi connectivity index (χ1v) is 6.42. The van der Waals surface area contributed by atoms with Crippen molar-refractivity contribution in [2.45, 2.75) is 16.4 Å². The fourth-order valence-corrected chi connectivity index (χ4v) is 2.22. The Hall–Kier alpha value is -0.940. The maximum Gasteiger partial charge on any atom is 0.123 e. The maximum absolute atomic E-state index is 12.7. The Labute approximate surface area is 103 Å². The van der Waals surface area contributed by atoms with E-state index in [1.807, 2.05) is 6.07 Å². The van der Waals surface area contributed by atoms with E-state index >= 15 is 0 Å². The number of benzene rings is 1. The molecular weight excluding hydrogens is 243 g/mol. The standard InChI is InChI=1S/C11H11FN2S2/c12-8-1-3-11(4-2-8)16-7-10-5-9(6-15)13-14-10/h1-5,15H,6-7H2,(H,13,14). The zero-order chi connectivity index (χ0) is 11.4. The van der Waals surface area contributed by atoms with Gasteiger partial charge in [0.2, 0.25) is 0 Å². The summed E-state index contributed by atoms with van der Waals surface area (Å²) in [6.45, 7) is 0. The molecule has 0 amide bonds. The Morgan fingerprint density at radius 3 is 2.69 bits per heavy atom. The van der Waals surface area contributed by atoms with Crippen LogP contribution in [0.5, 0.6) is 0 Å². The Morgan fingerprint density at radius 2 is 2.06 bits per heavy atom. The molecular formula is C11H11FN2S2. The number of H-pyrrole nitrogens is 1. The van der Waals surface area contributed by atoms with Crippen LogP contribution in [-0.4, -0.2) is 10.2 Å². The number of halogens is 1. The molecule has 1 heterocycles. The molecule has 0 saturated heterocycles. The summed E-state index contributed by atoms with van der Waals surface area (Å²) in [4.78, 5) is 1.04. The van der Waals surface area contributed by atoms with Gasteiger partial charge in [-0.1, -0.05) is 0 Å². The van der Waals surface area contributed by atoms with Gasteiger partial charge in [0.15, 0.2) is 0 Å². The molecule has 0 radical (unpaired) electrons. The lowest BCUT2D eigenvalue weighted by atomic mass is 10.4. The van der Waals surface area contributed by atoms with Crippen LogP contribution in [0.1, 0.15) is 11.4 Å². The number of hydrogen-bond donors (Lipinski definition) is 2. The molecule has 84 valence electrons. The van der Waals surface area contributed by atoms with Gasteiger partial charge in [0.25, 0.3) is 0 Å². The molecule has 0 aliphatic heterocycles. The van der Waals surface area contributed by atoms with E-state index in [1.165, 1.54) is 12.1 Å². The van der Waals surface area contributed by atoms with Gasteiger partial charge in [0.05, 0.1) is 5.69 Å². The number of aromatic amines is 1. The molecule has 0 atom stereocenters. The van der Waals surface area contributed by atoms with Crippen molar-refractivity contribution < 1.29 is 4.39 Å². The predicted molar refractivity (Wildman–Crippen MR) is 67.2 cm³/mol. The average Bonchev–Trinajstić information content (AvgIpc) is 2.76. The highest BCUT2D eigenvalue weighted by atomic mass is 32.2. The van der Waals surface area contributed by atoms with Gasteiger partial charge in [-0.25, -0.2) is 4.39 Å². The molecule has 0 saturated carbocycles. The van der Waals surface area contributed by atoms with Crippen LogP contribution in [0.2, 0.25) is 0 Å². The van der Waals surface area contributed by atoms with Gasteiger partial charge < -0.3 is 0 Å². The minimum atomic E-state index is -0.205. The molecule has 1 aromatic carbocycles. The number of aromatic nitrogens is 2. The molecule has 0 aliphatic carbocycles. The topological polar surface area (TPSA) is 28.7 Å². The van der Waals surface area contributed by atoms with Crippen molar-refractivity contribution in [3.05, 3.63) is 47.5 Å². The molecule has 1 aromatic heterocycles. The lowest BCUT2D eigenvalue weighted by Crippen LogP contribution is -1.81. The molecule has 0 bridgehead atoms. The second-order valence-electron chi connectivity index (χ2n) is 3.29. The van der Waals surface area contributed by atoms with Gasteiger partial charge in [-0.15, -0.1) is 11.8 Å². The van der Waals surface area contributed by atoms with Gasteiger partial charge >= 0.3 is 0 Å². The third-order valence-electron chi connectivity index (χ3n) is 2.05. The Kier molecular flexibility index (Phi) is 3.90. The van der Waals surface area contributed by atoms with Gasteiger partial charge in [0.1, 0.15) is 5.82 Å². The monoisotopic (exact) mass is 254 g/mol. The summed E-state index contributed by atoms with van der Waals surface area (Å²) < 4.78 is 12.7. The van der Waals surface area contributed by atoms with Crippen LogP contribution >= 0.6 is 24.4 Å². The zero-order valence-corrected chi connectivity index (χ0v) is 10.2. The lowest BCUT2D eigenvalue weighted by Gasteiger charge is -1.98. The fraction of sp³-hybridized carbons (Fsp3) is 0.182. The smallest absolute Gasteiger partial charge is 0.123 e. The van der Waals surface area contributed by atoms with E-state index in [-0.39, 0.29) is 5.82 Å². The quantitative estimate of drug-likeness (QED) is 0.647. The summed E-state index contributed by atoms with van der Waals surface area (Å²) in [7, 11) is 0. The van der Waals surface area contributed by atoms with E-state index in [0.29, 0.717) is 5.75 Å².